The highest BCUT2D eigenvalue weighted by molar-refractivity contribution is 5.29. The van der Waals surface area contributed by atoms with E-state index in [1.54, 1.807) is 0 Å². The second-order valence-electron chi connectivity index (χ2n) is 7.33. The van der Waals surface area contributed by atoms with Gasteiger partial charge in [0.1, 0.15) is 0 Å². The Hall–Kier alpha value is -0.890. The lowest BCUT2D eigenvalue weighted by atomic mass is 9.63. The Balaban J connectivity index is 1.88. The van der Waals surface area contributed by atoms with E-state index in [0.29, 0.717) is 5.92 Å². The molecular weight excluding hydrogens is 244 g/mol. The van der Waals surface area contributed by atoms with Crippen LogP contribution >= 0.6 is 0 Å². The highest BCUT2D eigenvalue weighted by Crippen LogP contribution is 2.46. The molecule has 2 nitrogen and oxygen atoms in total. The summed E-state index contributed by atoms with van der Waals surface area (Å²) in [6.45, 7) is 4.70. The van der Waals surface area contributed by atoms with E-state index in [9.17, 15) is 0 Å². The number of aryl methyl sites for hydroxylation is 1. The highest BCUT2D eigenvalue weighted by atomic mass is 14.8. The molecule has 110 valence electrons. The molecule has 0 spiro atoms. The van der Waals surface area contributed by atoms with Gasteiger partial charge in [-0.15, -0.1) is 0 Å². The molecule has 1 aromatic heterocycles. The number of fused-ring (bicyclic) bond motifs is 1. The van der Waals surface area contributed by atoms with Gasteiger partial charge in [0.15, 0.2) is 0 Å². The Labute approximate surface area is 123 Å². The first-order valence-electron chi connectivity index (χ1n) is 8.33. The highest BCUT2D eigenvalue weighted by Gasteiger charge is 2.42. The summed E-state index contributed by atoms with van der Waals surface area (Å²) < 4.78 is 0. The molecule has 1 saturated carbocycles. The van der Waals surface area contributed by atoms with Crippen LogP contribution in [0.25, 0.3) is 0 Å². The van der Waals surface area contributed by atoms with E-state index >= 15 is 0 Å². The van der Waals surface area contributed by atoms with Crippen molar-refractivity contribution in [3.05, 3.63) is 29.6 Å². The lowest BCUT2D eigenvalue weighted by Gasteiger charge is -2.46. The number of aromatic nitrogens is 1. The van der Waals surface area contributed by atoms with Crippen LogP contribution in [0.2, 0.25) is 0 Å². The van der Waals surface area contributed by atoms with Gasteiger partial charge in [-0.2, -0.15) is 0 Å². The molecule has 20 heavy (non-hydrogen) atoms. The predicted molar refractivity (Wildman–Crippen MR) is 83.6 cm³/mol. The van der Waals surface area contributed by atoms with Crippen LogP contribution in [-0.4, -0.2) is 10.5 Å². The molecule has 2 aliphatic rings. The van der Waals surface area contributed by atoms with Gasteiger partial charge >= 0.3 is 0 Å². The number of nitrogens with two attached hydrogens (primary N) is 1. The Kier molecular flexibility index (Phi) is 3.85. The molecule has 1 aromatic rings. The Morgan fingerprint density at radius 1 is 1.30 bits per heavy atom. The summed E-state index contributed by atoms with van der Waals surface area (Å²) >= 11 is 0. The maximum absolute atomic E-state index is 6.94. The van der Waals surface area contributed by atoms with Crippen LogP contribution in [0.5, 0.6) is 0 Å². The molecule has 1 fully saturated rings. The van der Waals surface area contributed by atoms with Gasteiger partial charge in [0.2, 0.25) is 0 Å². The first-order chi connectivity index (χ1) is 9.60. The first-order valence-corrected chi connectivity index (χ1v) is 8.33. The van der Waals surface area contributed by atoms with Crippen molar-refractivity contribution < 1.29 is 0 Å². The zero-order valence-corrected chi connectivity index (χ0v) is 12.9. The summed E-state index contributed by atoms with van der Waals surface area (Å²) in [6.07, 6.45) is 10.6. The molecule has 3 unspecified atom stereocenters. The molecule has 0 bridgehead atoms. The van der Waals surface area contributed by atoms with Crippen LogP contribution in [0.1, 0.15) is 69.5 Å². The van der Waals surface area contributed by atoms with Crippen molar-refractivity contribution >= 4 is 0 Å². The van der Waals surface area contributed by atoms with E-state index in [4.69, 9.17) is 10.7 Å². The van der Waals surface area contributed by atoms with Crippen molar-refractivity contribution in [3.8, 4) is 0 Å². The third-order valence-electron chi connectivity index (χ3n) is 5.69. The number of nitrogens with zero attached hydrogens (tertiary/aromatic N) is 1. The molecule has 0 aliphatic heterocycles. The number of hydrogen-bond acceptors (Lipinski definition) is 2. The molecule has 0 amide bonds. The molecule has 2 N–H and O–H groups in total. The molecule has 3 rings (SSSR count). The fourth-order valence-electron chi connectivity index (χ4n) is 4.44. The van der Waals surface area contributed by atoms with Gasteiger partial charge in [-0.3, -0.25) is 4.98 Å². The van der Waals surface area contributed by atoms with Crippen LogP contribution in [-0.2, 0) is 6.42 Å². The maximum atomic E-state index is 6.94. The van der Waals surface area contributed by atoms with Gasteiger partial charge in [-0.05, 0) is 55.6 Å². The number of rotatable bonds is 2. The largest absolute Gasteiger partial charge is 0.324 e. The summed E-state index contributed by atoms with van der Waals surface area (Å²) in [5.41, 5.74) is 9.68. The van der Waals surface area contributed by atoms with Crippen molar-refractivity contribution in [2.24, 2.45) is 17.6 Å². The first kappa shape index (κ1) is 14.1. The van der Waals surface area contributed by atoms with E-state index in [1.165, 1.54) is 56.2 Å². The summed E-state index contributed by atoms with van der Waals surface area (Å²) in [5, 5.41) is 0. The van der Waals surface area contributed by atoms with Crippen molar-refractivity contribution in [1.29, 1.82) is 0 Å². The van der Waals surface area contributed by atoms with Crippen LogP contribution < -0.4 is 5.73 Å². The fourth-order valence-corrected chi connectivity index (χ4v) is 4.44. The minimum atomic E-state index is -0.0172. The predicted octanol–water partition coefficient (Wildman–Crippen LogP) is 4.05. The normalized spacial score (nSPS) is 34.0. The van der Waals surface area contributed by atoms with E-state index in [-0.39, 0.29) is 5.54 Å². The Bertz CT molecular complexity index is 468. The smallest absolute Gasteiger partial charge is 0.0484 e. The molecular formula is C18H28N2. The standard InChI is InChI=1S/C18H28N2/c1-13(2)15-7-4-10-18(19,12-15)16-9-3-6-14-8-5-11-20-17(14)16/h5,8,11,13,15-16H,3-4,6-7,9-10,12,19H2,1-2H3. The maximum Gasteiger partial charge on any atom is 0.0484 e. The number of hydrogen-bond donors (Lipinski definition) is 1. The van der Waals surface area contributed by atoms with Crippen molar-refractivity contribution in [2.45, 2.75) is 70.3 Å². The van der Waals surface area contributed by atoms with Gasteiger partial charge in [0.05, 0.1) is 0 Å². The molecule has 0 radical (unpaired) electrons. The fraction of sp³-hybridized carbons (Fsp3) is 0.722. The van der Waals surface area contributed by atoms with E-state index in [1.807, 2.05) is 6.20 Å². The van der Waals surface area contributed by atoms with Gasteiger partial charge in [-0.25, -0.2) is 0 Å². The quantitative estimate of drug-likeness (QED) is 0.882. The zero-order chi connectivity index (χ0) is 14.2. The van der Waals surface area contributed by atoms with Crippen LogP contribution in [0.4, 0.5) is 0 Å². The van der Waals surface area contributed by atoms with Crippen LogP contribution in [0.15, 0.2) is 18.3 Å². The topological polar surface area (TPSA) is 38.9 Å². The molecule has 2 heteroatoms. The second-order valence-corrected chi connectivity index (χ2v) is 7.33. The molecule has 0 aromatic carbocycles. The van der Waals surface area contributed by atoms with Crippen molar-refractivity contribution in [2.75, 3.05) is 0 Å². The van der Waals surface area contributed by atoms with E-state index in [0.717, 1.165) is 11.8 Å². The van der Waals surface area contributed by atoms with Gasteiger partial charge in [-0.1, -0.05) is 32.8 Å². The van der Waals surface area contributed by atoms with Crippen LogP contribution in [0.3, 0.4) is 0 Å². The summed E-state index contributed by atoms with van der Waals surface area (Å²) in [6, 6.07) is 4.32. The zero-order valence-electron chi connectivity index (χ0n) is 12.9. The third-order valence-corrected chi connectivity index (χ3v) is 5.69. The molecule has 3 atom stereocenters. The van der Waals surface area contributed by atoms with Crippen LogP contribution in [0, 0.1) is 11.8 Å². The SMILES string of the molecule is CC(C)C1CCCC(N)(C2CCCc3cccnc32)C1. The Morgan fingerprint density at radius 2 is 2.15 bits per heavy atom. The monoisotopic (exact) mass is 272 g/mol. The molecule has 1 heterocycles. The number of pyridine rings is 1. The average Bonchev–Trinajstić information content (AvgIpc) is 2.46. The lowest BCUT2D eigenvalue weighted by Crippen LogP contribution is -2.51. The summed E-state index contributed by atoms with van der Waals surface area (Å²) in [5.74, 6) is 2.03. The molecule has 0 saturated heterocycles. The average molecular weight is 272 g/mol. The second kappa shape index (κ2) is 5.48. The molecule has 2 aliphatic carbocycles. The van der Waals surface area contributed by atoms with E-state index < -0.39 is 0 Å². The Morgan fingerprint density at radius 3 is 2.95 bits per heavy atom. The summed E-state index contributed by atoms with van der Waals surface area (Å²) in [7, 11) is 0. The van der Waals surface area contributed by atoms with E-state index in [2.05, 4.69) is 26.0 Å². The summed E-state index contributed by atoms with van der Waals surface area (Å²) in [4.78, 5) is 4.71. The lowest BCUT2D eigenvalue weighted by molar-refractivity contribution is 0.148. The van der Waals surface area contributed by atoms with Crippen molar-refractivity contribution in [1.82, 2.24) is 4.98 Å². The third kappa shape index (κ3) is 2.50. The minimum absolute atomic E-state index is 0.0172. The minimum Gasteiger partial charge on any atom is -0.324 e. The van der Waals surface area contributed by atoms with Crippen molar-refractivity contribution in [3.63, 3.8) is 0 Å². The van der Waals surface area contributed by atoms with Gasteiger partial charge in [0.25, 0.3) is 0 Å². The van der Waals surface area contributed by atoms with Gasteiger partial charge < -0.3 is 5.73 Å². The van der Waals surface area contributed by atoms with Gasteiger partial charge in [0, 0.05) is 23.3 Å².